The van der Waals surface area contributed by atoms with Crippen molar-refractivity contribution in [2.75, 3.05) is 27.2 Å². The second-order valence-corrected chi connectivity index (χ2v) is 5.20. The Morgan fingerprint density at radius 3 is 2.29 bits per heavy atom. The molecule has 2 atom stereocenters. The zero-order chi connectivity index (χ0) is 12.8. The van der Waals surface area contributed by atoms with Crippen LogP contribution in [0.3, 0.4) is 0 Å². The van der Waals surface area contributed by atoms with Gasteiger partial charge in [-0.1, -0.05) is 12.8 Å². The third kappa shape index (κ3) is 4.46. The highest BCUT2D eigenvalue weighted by Crippen LogP contribution is 2.30. The van der Waals surface area contributed by atoms with Gasteiger partial charge in [0, 0.05) is 24.9 Å². The monoisotopic (exact) mass is 240 g/mol. The molecule has 1 fully saturated rings. The summed E-state index contributed by atoms with van der Waals surface area (Å²) >= 11 is 0. The summed E-state index contributed by atoms with van der Waals surface area (Å²) in [6.45, 7) is 3.10. The van der Waals surface area contributed by atoms with Crippen LogP contribution >= 0.6 is 0 Å². The minimum absolute atomic E-state index is 0.0527. The summed E-state index contributed by atoms with van der Waals surface area (Å²) in [5, 5.41) is 2.94. The molecule has 0 heterocycles. The van der Waals surface area contributed by atoms with Crippen molar-refractivity contribution in [2.24, 2.45) is 11.8 Å². The van der Waals surface area contributed by atoms with Crippen LogP contribution < -0.4 is 5.32 Å². The van der Waals surface area contributed by atoms with Crippen molar-refractivity contribution in [3.8, 4) is 0 Å². The Bertz CT molecular complexity index is 277. The van der Waals surface area contributed by atoms with Crippen molar-refractivity contribution in [1.82, 2.24) is 10.2 Å². The van der Waals surface area contributed by atoms with Gasteiger partial charge < -0.3 is 10.2 Å². The third-order valence-electron chi connectivity index (χ3n) is 3.48. The molecule has 17 heavy (non-hydrogen) atoms. The van der Waals surface area contributed by atoms with Crippen LogP contribution in [-0.2, 0) is 9.59 Å². The predicted molar refractivity (Wildman–Crippen MR) is 67.7 cm³/mol. The van der Waals surface area contributed by atoms with Gasteiger partial charge in [0.25, 0.3) is 0 Å². The molecule has 0 aromatic heterocycles. The number of hydrogen-bond acceptors (Lipinski definition) is 3. The van der Waals surface area contributed by atoms with Crippen LogP contribution in [0, 0.1) is 11.8 Å². The third-order valence-corrected chi connectivity index (χ3v) is 3.48. The lowest BCUT2D eigenvalue weighted by atomic mass is 9.77. The summed E-state index contributed by atoms with van der Waals surface area (Å²) in [4.78, 5) is 25.6. The van der Waals surface area contributed by atoms with Crippen LogP contribution in [0.4, 0.5) is 0 Å². The van der Waals surface area contributed by atoms with Gasteiger partial charge in [-0.25, -0.2) is 0 Å². The summed E-state index contributed by atoms with van der Waals surface area (Å²) in [6, 6.07) is 0. The number of nitrogens with zero attached hydrogens (tertiary/aromatic N) is 1. The molecule has 0 spiro atoms. The molecule has 1 N–H and O–H groups in total. The van der Waals surface area contributed by atoms with Crippen LogP contribution in [0.2, 0.25) is 0 Å². The molecule has 4 heteroatoms. The maximum Gasteiger partial charge on any atom is 0.223 e. The zero-order valence-corrected chi connectivity index (χ0v) is 11.2. The fraction of sp³-hybridized carbons (Fsp3) is 0.846. The van der Waals surface area contributed by atoms with Crippen LogP contribution in [0.15, 0.2) is 0 Å². The number of amides is 1. The minimum atomic E-state index is -0.0941. The van der Waals surface area contributed by atoms with Crippen LogP contribution in [0.1, 0.15) is 32.6 Å². The molecule has 1 aliphatic rings. The molecule has 98 valence electrons. The molecule has 0 saturated heterocycles. The number of carbonyl (C=O) groups is 2. The second kappa shape index (κ2) is 6.74. The molecule has 0 bridgehead atoms. The minimum Gasteiger partial charge on any atom is -0.355 e. The zero-order valence-electron chi connectivity index (χ0n) is 11.2. The van der Waals surface area contributed by atoms with Gasteiger partial charge in [-0.05, 0) is 33.9 Å². The van der Waals surface area contributed by atoms with Crippen molar-refractivity contribution in [2.45, 2.75) is 32.6 Å². The van der Waals surface area contributed by atoms with Gasteiger partial charge >= 0.3 is 0 Å². The van der Waals surface area contributed by atoms with Crippen molar-refractivity contribution in [3.05, 3.63) is 0 Å². The first kappa shape index (κ1) is 14.2. The SMILES string of the molecule is CC(=O)[C@H]1CCCC[C@H]1C(=O)NCCN(C)C. The van der Waals surface area contributed by atoms with Gasteiger partial charge in [0.05, 0.1) is 0 Å². The molecule has 1 amide bonds. The fourth-order valence-electron chi connectivity index (χ4n) is 2.47. The normalized spacial score (nSPS) is 24.7. The highest BCUT2D eigenvalue weighted by molar-refractivity contribution is 5.87. The Morgan fingerprint density at radius 1 is 1.18 bits per heavy atom. The largest absolute Gasteiger partial charge is 0.355 e. The number of nitrogens with one attached hydrogen (secondary N) is 1. The van der Waals surface area contributed by atoms with E-state index in [1.807, 2.05) is 19.0 Å². The molecular weight excluding hydrogens is 216 g/mol. The van der Waals surface area contributed by atoms with E-state index in [0.717, 1.165) is 32.2 Å². The van der Waals surface area contributed by atoms with Gasteiger partial charge in [-0.15, -0.1) is 0 Å². The van der Waals surface area contributed by atoms with Gasteiger partial charge in [0.15, 0.2) is 0 Å². The molecule has 0 aromatic rings. The summed E-state index contributed by atoms with van der Waals surface area (Å²) in [5.74, 6) is 0.0794. The molecule has 1 rings (SSSR count). The smallest absolute Gasteiger partial charge is 0.223 e. The first-order valence-corrected chi connectivity index (χ1v) is 6.45. The first-order chi connectivity index (χ1) is 8.02. The highest BCUT2D eigenvalue weighted by atomic mass is 16.2. The number of likely N-dealkylation sites (N-methyl/N-ethyl adjacent to an activating group) is 1. The number of hydrogen-bond donors (Lipinski definition) is 1. The van der Waals surface area contributed by atoms with Crippen LogP contribution in [0.25, 0.3) is 0 Å². The summed E-state index contributed by atoms with van der Waals surface area (Å²) < 4.78 is 0. The van der Waals surface area contributed by atoms with Crippen molar-refractivity contribution < 1.29 is 9.59 Å². The maximum atomic E-state index is 12.0. The van der Waals surface area contributed by atoms with E-state index < -0.39 is 0 Å². The first-order valence-electron chi connectivity index (χ1n) is 6.45. The molecule has 1 aliphatic carbocycles. The number of rotatable bonds is 5. The Labute approximate surface area is 104 Å². The topological polar surface area (TPSA) is 49.4 Å². The average molecular weight is 240 g/mol. The van der Waals surface area contributed by atoms with Crippen molar-refractivity contribution in [3.63, 3.8) is 0 Å². The second-order valence-electron chi connectivity index (χ2n) is 5.20. The summed E-state index contributed by atoms with van der Waals surface area (Å²) in [6.07, 6.45) is 3.88. The molecule has 0 aromatic carbocycles. The van der Waals surface area contributed by atoms with E-state index in [4.69, 9.17) is 0 Å². The Hall–Kier alpha value is -0.900. The number of Topliss-reactive ketones (excluding diaryl/α,β-unsaturated/α-hetero) is 1. The Kier molecular flexibility index (Phi) is 5.62. The van der Waals surface area contributed by atoms with Crippen LogP contribution in [0.5, 0.6) is 0 Å². The number of ketones is 1. The molecule has 0 radical (unpaired) electrons. The van der Waals surface area contributed by atoms with E-state index in [2.05, 4.69) is 5.32 Å². The van der Waals surface area contributed by atoms with Crippen molar-refractivity contribution >= 4 is 11.7 Å². The van der Waals surface area contributed by atoms with E-state index in [9.17, 15) is 9.59 Å². The lowest BCUT2D eigenvalue weighted by molar-refractivity contribution is -0.134. The Morgan fingerprint density at radius 2 is 1.76 bits per heavy atom. The van der Waals surface area contributed by atoms with E-state index in [1.54, 1.807) is 6.92 Å². The van der Waals surface area contributed by atoms with Crippen LogP contribution in [-0.4, -0.2) is 43.8 Å². The van der Waals surface area contributed by atoms with E-state index in [1.165, 1.54) is 0 Å². The van der Waals surface area contributed by atoms with Gasteiger partial charge in [-0.3, -0.25) is 9.59 Å². The van der Waals surface area contributed by atoms with E-state index in [0.29, 0.717) is 6.54 Å². The standard InChI is InChI=1S/C13H24N2O2/c1-10(16)11-6-4-5-7-12(11)13(17)14-8-9-15(2)3/h11-12H,4-9H2,1-3H3,(H,14,17)/t11-,12-/m1/s1. The molecule has 0 unspecified atom stereocenters. The van der Waals surface area contributed by atoms with E-state index >= 15 is 0 Å². The molecular formula is C13H24N2O2. The molecule has 4 nitrogen and oxygen atoms in total. The van der Waals surface area contributed by atoms with Gasteiger partial charge in [-0.2, -0.15) is 0 Å². The lowest BCUT2D eigenvalue weighted by Crippen LogP contribution is -2.41. The highest BCUT2D eigenvalue weighted by Gasteiger charge is 2.33. The molecule has 0 aliphatic heterocycles. The fourth-order valence-corrected chi connectivity index (χ4v) is 2.47. The van der Waals surface area contributed by atoms with Crippen molar-refractivity contribution in [1.29, 1.82) is 0 Å². The van der Waals surface area contributed by atoms with Gasteiger partial charge in [0.1, 0.15) is 5.78 Å². The average Bonchev–Trinajstić information content (AvgIpc) is 2.28. The maximum absolute atomic E-state index is 12.0. The Balaban J connectivity index is 2.45. The lowest BCUT2D eigenvalue weighted by Gasteiger charge is -2.28. The summed E-state index contributed by atoms with van der Waals surface area (Å²) in [5.41, 5.74) is 0. The quantitative estimate of drug-likeness (QED) is 0.781. The van der Waals surface area contributed by atoms with Gasteiger partial charge in [0.2, 0.25) is 5.91 Å². The summed E-state index contributed by atoms with van der Waals surface area (Å²) in [7, 11) is 3.95. The van der Waals surface area contributed by atoms with E-state index in [-0.39, 0.29) is 23.5 Å². The predicted octanol–water partition coefficient (Wildman–Crippen LogP) is 1.06. The number of carbonyl (C=O) groups excluding carboxylic acids is 2. The molecule has 1 saturated carbocycles.